The van der Waals surface area contributed by atoms with Gasteiger partial charge in [0.25, 0.3) is 0 Å². The molecule has 1 N–H and O–H groups in total. The van der Waals surface area contributed by atoms with Gasteiger partial charge in [-0.15, -0.1) is 6.42 Å². The molecule has 0 aliphatic rings. The molecule has 0 aliphatic heterocycles. The van der Waals surface area contributed by atoms with Crippen LogP contribution in [0.15, 0.2) is 0 Å². The highest BCUT2D eigenvalue weighted by Crippen LogP contribution is 1.79. The monoisotopic (exact) mass is 154 g/mol. The van der Waals surface area contributed by atoms with Crippen molar-refractivity contribution >= 4 is 5.91 Å². The lowest BCUT2D eigenvalue weighted by Crippen LogP contribution is -2.36. The van der Waals surface area contributed by atoms with Crippen LogP contribution in [0.1, 0.15) is 6.92 Å². The van der Waals surface area contributed by atoms with Crippen molar-refractivity contribution in [2.75, 3.05) is 20.6 Å². The molecule has 0 aromatic rings. The number of nitrogens with zero attached hydrogens (tertiary/aromatic N) is 1. The SMILES string of the molecule is C#CC(C)NCC(=O)N(C)C. The van der Waals surface area contributed by atoms with E-state index in [9.17, 15) is 4.79 Å². The van der Waals surface area contributed by atoms with Gasteiger partial charge in [0, 0.05) is 14.1 Å². The Morgan fingerprint density at radius 1 is 1.73 bits per heavy atom. The van der Waals surface area contributed by atoms with E-state index in [0.717, 1.165) is 0 Å². The van der Waals surface area contributed by atoms with Crippen molar-refractivity contribution in [2.45, 2.75) is 13.0 Å². The Hall–Kier alpha value is -1.01. The minimum atomic E-state index is -0.0427. The maximum atomic E-state index is 11.0. The number of terminal acetylenes is 1. The molecule has 3 heteroatoms. The van der Waals surface area contributed by atoms with Crippen LogP contribution in [0.2, 0.25) is 0 Å². The second-order valence-electron chi connectivity index (χ2n) is 2.56. The van der Waals surface area contributed by atoms with Gasteiger partial charge >= 0.3 is 0 Å². The first-order valence-corrected chi connectivity index (χ1v) is 3.47. The molecule has 0 spiro atoms. The fraction of sp³-hybridized carbons (Fsp3) is 0.625. The van der Waals surface area contributed by atoms with Crippen LogP contribution >= 0.6 is 0 Å². The van der Waals surface area contributed by atoms with Crippen LogP contribution in [0, 0.1) is 12.3 Å². The molecule has 0 aromatic heterocycles. The van der Waals surface area contributed by atoms with Gasteiger partial charge in [-0.3, -0.25) is 10.1 Å². The summed E-state index contributed by atoms with van der Waals surface area (Å²) in [4.78, 5) is 12.5. The van der Waals surface area contributed by atoms with Crippen LogP contribution in [-0.2, 0) is 4.79 Å². The second-order valence-corrected chi connectivity index (χ2v) is 2.56. The Morgan fingerprint density at radius 3 is 2.64 bits per heavy atom. The molecule has 1 amide bonds. The number of rotatable bonds is 3. The molecular weight excluding hydrogens is 140 g/mol. The predicted octanol–water partition coefficient (Wildman–Crippen LogP) is -0.314. The Kier molecular flexibility index (Phi) is 4.32. The van der Waals surface area contributed by atoms with Gasteiger partial charge in [0.15, 0.2) is 0 Å². The van der Waals surface area contributed by atoms with Crippen LogP contribution in [-0.4, -0.2) is 37.5 Å². The number of nitrogens with one attached hydrogen (secondary N) is 1. The Labute approximate surface area is 67.8 Å². The van der Waals surface area contributed by atoms with E-state index < -0.39 is 0 Å². The number of likely N-dealkylation sites (N-methyl/N-ethyl adjacent to an activating group) is 1. The van der Waals surface area contributed by atoms with Crippen molar-refractivity contribution in [3.63, 3.8) is 0 Å². The zero-order valence-corrected chi connectivity index (χ0v) is 7.22. The zero-order chi connectivity index (χ0) is 8.85. The molecule has 1 atom stereocenters. The number of amides is 1. The number of carbonyl (C=O) groups is 1. The first-order chi connectivity index (χ1) is 5.07. The molecule has 0 bridgehead atoms. The van der Waals surface area contributed by atoms with Gasteiger partial charge in [-0.2, -0.15) is 0 Å². The third-order valence-electron chi connectivity index (χ3n) is 1.31. The normalized spacial score (nSPS) is 11.8. The molecular formula is C8H14N2O. The smallest absolute Gasteiger partial charge is 0.236 e. The van der Waals surface area contributed by atoms with Crippen molar-refractivity contribution in [3.05, 3.63) is 0 Å². The highest BCUT2D eigenvalue weighted by Gasteiger charge is 2.03. The summed E-state index contributed by atoms with van der Waals surface area (Å²) in [6, 6.07) is -0.0427. The summed E-state index contributed by atoms with van der Waals surface area (Å²) in [5, 5.41) is 2.89. The second kappa shape index (κ2) is 4.75. The van der Waals surface area contributed by atoms with E-state index in [1.54, 1.807) is 14.1 Å². The van der Waals surface area contributed by atoms with Crippen molar-refractivity contribution in [2.24, 2.45) is 0 Å². The molecule has 1 unspecified atom stereocenters. The summed E-state index contributed by atoms with van der Waals surface area (Å²) in [5.74, 6) is 2.51. The Morgan fingerprint density at radius 2 is 2.27 bits per heavy atom. The van der Waals surface area contributed by atoms with Crippen LogP contribution in [0.5, 0.6) is 0 Å². The van der Waals surface area contributed by atoms with Crippen LogP contribution in [0.4, 0.5) is 0 Å². The van der Waals surface area contributed by atoms with Crippen LogP contribution in [0.25, 0.3) is 0 Å². The lowest BCUT2D eigenvalue weighted by Gasteiger charge is -2.11. The van der Waals surface area contributed by atoms with E-state index in [1.807, 2.05) is 6.92 Å². The largest absolute Gasteiger partial charge is 0.348 e. The van der Waals surface area contributed by atoms with E-state index >= 15 is 0 Å². The highest BCUT2D eigenvalue weighted by atomic mass is 16.2. The zero-order valence-electron chi connectivity index (χ0n) is 7.22. The van der Waals surface area contributed by atoms with Crippen LogP contribution in [0.3, 0.4) is 0 Å². The molecule has 0 rings (SSSR count). The van der Waals surface area contributed by atoms with E-state index in [2.05, 4.69) is 11.2 Å². The van der Waals surface area contributed by atoms with Crippen molar-refractivity contribution in [3.8, 4) is 12.3 Å². The maximum Gasteiger partial charge on any atom is 0.236 e. The molecule has 3 nitrogen and oxygen atoms in total. The molecule has 62 valence electrons. The molecule has 0 fully saturated rings. The fourth-order valence-corrected chi connectivity index (χ4v) is 0.457. The van der Waals surface area contributed by atoms with Gasteiger partial charge in [0.1, 0.15) is 0 Å². The van der Waals surface area contributed by atoms with E-state index in [4.69, 9.17) is 6.42 Å². The number of hydrogen-bond donors (Lipinski definition) is 1. The summed E-state index contributed by atoms with van der Waals surface area (Å²) in [6.07, 6.45) is 5.10. The first-order valence-electron chi connectivity index (χ1n) is 3.47. The summed E-state index contributed by atoms with van der Waals surface area (Å²) in [6.45, 7) is 2.14. The third-order valence-corrected chi connectivity index (χ3v) is 1.31. The Balaban J connectivity index is 3.56. The first kappa shape index (κ1) is 9.99. The molecule has 0 heterocycles. The quantitative estimate of drug-likeness (QED) is 0.565. The molecule has 0 saturated carbocycles. The standard InChI is InChI=1S/C8H14N2O/c1-5-7(2)9-6-8(11)10(3)4/h1,7,9H,6H2,2-4H3. The number of carbonyl (C=O) groups excluding carboxylic acids is 1. The average molecular weight is 154 g/mol. The van der Waals surface area contributed by atoms with E-state index in [1.165, 1.54) is 4.90 Å². The van der Waals surface area contributed by atoms with Gasteiger partial charge in [0.2, 0.25) is 5.91 Å². The lowest BCUT2D eigenvalue weighted by molar-refractivity contribution is -0.127. The van der Waals surface area contributed by atoms with Gasteiger partial charge in [-0.25, -0.2) is 0 Å². The van der Waals surface area contributed by atoms with Crippen molar-refractivity contribution in [1.29, 1.82) is 0 Å². The van der Waals surface area contributed by atoms with Crippen molar-refractivity contribution in [1.82, 2.24) is 10.2 Å². The fourth-order valence-electron chi connectivity index (χ4n) is 0.457. The van der Waals surface area contributed by atoms with Gasteiger partial charge < -0.3 is 4.90 Å². The van der Waals surface area contributed by atoms with E-state index in [-0.39, 0.29) is 11.9 Å². The molecule has 0 aromatic carbocycles. The maximum absolute atomic E-state index is 11.0. The van der Waals surface area contributed by atoms with Crippen molar-refractivity contribution < 1.29 is 4.79 Å². The molecule has 0 radical (unpaired) electrons. The highest BCUT2D eigenvalue weighted by molar-refractivity contribution is 5.77. The minimum Gasteiger partial charge on any atom is -0.348 e. The lowest BCUT2D eigenvalue weighted by atomic mass is 10.3. The summed E-state index contributed by atoms with van der Waals surface area (Å²) >= 11 is 0. The van der Waals surface area contributed by atoms with Gasteiger partial charge in [-0.05, 0) is 6.92 Å². The summed E-state index contributed by atoms with van der Waals surface area (Å²) < 4.78 is 0. The minimum absolute atomic E-state index is 0.0344. The number of hydrogen-bond acceptors (Lipinski definition) is 2. The Bertz CT molecular complexity index is 169. The summed E-state index contributed by atoms with van der Waals surface area (Å²) in [7, 11) is 3.43. The van der Waals surface area contributed by atoms with Crippen LogP contribution < -0.4 is 5.32 Å². The summed E-state index contributed by atoms with van der Waals surface area (Å²) in [5.41, 5.74) is 0. The van der Waals surface area contributed by atoms with E-state index in [0.29, 0.717) is 6.54 Å². The average Bonchev–Trinajstić information content (AvgIpc) is 1.99. The predicted molar refractivity (Wildman–Crippen MR) is 45.0 cm³/mol. The molecule has 0 saturated heterocycles. The molecule has 11 heavy (non-hydrogen) atoms. The molecule has 0 aliphatic carbocycles. The van der Waals surface area contributed by atoms with Gasteiger partial charge in [-0.1, -0.05) is 5.92 Å². The third kappa shape index (κ3) is 4.40. The topological polar surface area (TPSA) is 32.3 Å². The van der Waals surface area contributed by atoms with Gasteiger partial charge in [0.05, 0.1) is 12.6 Å².